The van der Waals surface area contributed by atoms with Crippen LogP contribution in [0.15, 0.2) is 18.2 Å². The number of methoxy groups -OCH3 is 1. The van der Waals surface area contributed by atoms with E-state index in [-0.39, 0.29) is 0 Å². The quantitative estimate of drug-likeness (QED) is 0.832. The zero-order valence-electron chi connectivity index (χ0n) is 12.6. The van der Waals surface area contributed by atoms with Crippen molar-refractivity contribution < 1.29 is 8.95 Å². The summed E-state index contributed by atoms with van der Waals surface area (Å²) < 4.78 is 16.5. The molecule has 1 aromatic rings. The fourth-order valence-corrected chi connectivity index (χ4v) is 2.96. The second kappa shape index (κ2) is 7.55. The van der Waals surface area contributed by atoms with Crippen LogP contribution in [0.25, 0.3) is 0 Å². The van der Waals surface area contributed by atoms with Gasteiger partial charge in [-0.1, -0.05) is 24.6 Å². The number of hydrogen-bond acceptors (Lipinski definition) is 2. The highest BCUT2D eigenvalue weighted by Crippen LogP contribution is 2.34. The molecule has 0 amide bonds. The normalized spacial score (nSPS) is 15.1. The van der Waals surface area contributed by atoms with Gasteiger partial charge in [0.2, 0.25) is 0 Å². The summed E-state index contributed by atoms with van der Waals surface area (Å²) in [6, 6.07) is 5.88. The smallest absolute Gasteiger partial charge is 0.0945 e. The Morgan fingerprint density at radius 2 is 2.10 bits per heavy atom. The van der Waals surface area contributed by atoms with E-state index in [0.29, 0.717) is 17.5 Å². The van der Waals surface area contributed by atoms with E-state index in [4.69, 9.17) is 21.5 Å². The van der Waals surface area contributed by atoms with Crippen LogP contribution < -0.4 is 5.14 Å². The first-order valence-electron chi connectivity index (χ1n) is 6.75. The zero-order chi connectivity index (χ0) is 15.3. The van der Waals surface area contributed by atoms with Crippen molar-refractivity contribution in [3.8, 4) is 0 Å². The predicted octanol–water partition coefficient (Wildman–Crippen LogP) is 3.77. The fourth-order valence-electron chi connectivity index (χ4n) is 2.40. The van der Waals surface area contributed by atoms with Crippen LogP contribution in [0.3, 0.4) is 0 Å². The highest BCUT2D eigenvalue weighted by atomic mass is 35.5. The Hall–Kier alpha value is -0.420. The van der Waals surface area contributed by atoms with Crippen molar-refractivity contribution >= 4 is 22.6 Å². The predicted molar refractivity (Wildman–Crippen MR) is 86.2 cm³/mol. The van der Waals surface area contributed by atoms with Crippen molar-refractivity contribution in [3.63, 3.8) is 0 Å². The molecule has 5 heteroatoms. The lowest BCUT2D eigenvalue weighted by Crippen LogP contribution is -2.33. The Morgan fingerprint density at radius 3 is 2.60 bits per heavy atom. The zero-order valence-corrected chi connectivity index (χ0v) is 14.2. The molecule has 0 saturated carbocycles. The minimum atomic E-state index is -1.34. The molecule has 20 heavy (non-hydrogen) atoms. The van der Waals surface area contributed by atoms with E-state index in [1.807, 2.05) is 32.0 Å². The highest BCUT2D eigenvalue weighted by molar-refractivity contribution is 7.84. The monoisotopic (exact) mass is 317 g/mol. The third-order valence-electron chi connectivity index (χ3n) is 3.62. The average molecular weight is 318 g/mol. The van der Waals surface area contributed by atoms with Crippen LogP contribution in [-0.4, -0.2) is 16.1 Å². The number of benzene rings is 1. The van der Waals surface area contributed by atoms with E-state index >= 15 is 0 Å². The molecular weight excluding hydrogens is 294 g/mol. The van der Waals surface area contributed by atoms with Gasteiger partial charge >= 0.3 is 0 Å². The van der Waals surface area contributed by atoms with E-state index in [1.165, 1.54) is 5.56 Å². The third-order valence-corrected chi connectivity index (χ3v) is 5.11. The van der Waals surface area contributed by atoms with E-state index in [9.17, 15) is 4.21 Å². The van der Waals surface area contributed by atoms with E-state index < -0.39 is 15.7 Å². The van der Waals surface area contributed by atoms with Crippen LogP contribution in [0, 0.1) is 0 Å². The first-order chi connectivity index (χ1) is 9.31. The molecule has 0 spiro atoms. The molecule has 0 saturated heterocycles. The summed E-state index contributed by atoms with van der Waals surface area (Å²) in [7, 11) is 0.327. The molecular formula is C15H24ClNO2S. The second-order valence-electron chi connectivity index (χ2n) is 5.64. The maximum absolute atomic E-state index is 11.7. The van der Waals surface area contributed by atoms with E-state index in [2.05, 4.69) is 6.92 Å². The molecule has 0 aliphatic heterocycles. The van der Waals surface area contributed by atoms with Crippen molar-refractivity contribution in [1.82, 2.24) is 0 Å². The Kier molecular flexibility index (Phi) is 6.65. The summed E-state index contributed by atoms with van der Waals surface area (Å²) in [6.45, 7) is 6.54. The van der Waals surface area contributed by atoms with Gasteiger partial charge in [0.05, 0.1) is 22.3 Å². The molecule has 3 nitrogen and oxygen atoms in total. The largest absolute Gasteiger partial charge is 0.380 e. The molecule has 1 unspecified atom stereocenters. The lowest BCUT2D eigenvalue weighted by atomic mass is 9.85. The molecule has 2 atom stereocenters. The minimum absolute atomic E-state index is 0.292. The van der Waals surface area contributed by atoms with Crippen LogP contribution in [0.1, 0.15) is 50.7 Å². The average Bonchev–Trinajstić information content (AvgIpc) is 2.37. The third kappa shape index (κ3) is 4.55. The van der Waals surface area contributed by atoms with Crippen LogP contribution in [0.2, 0.25) is 5.02 Å². The first-order valence-corrected chi connectivity index (χ1v) is 8.34. The Morgan fingerprint density at radius 1 is 1.45 bits per heavy atom. The molecule has 0 bridgehead atoms. The molecule has 0 fully saturated rings. The summed E-state index contributed by atoms with van der Waals surface area (Å²) in [6.07, 6.45) is 1.73. The van der Waals surface area contributed by atoms with Crippen LogP contribution in [-0.2, 0) is 22.3 Å². The van der Waals surface area contributed by atoms with Gasteiger partial charge in [0, 0.05) is 12.1 Å². The van der Waals surface area contributed by atoms with Crippen LogP contribution in [0.5, 0.6) is 0 Å². The Balaban J connectivity index is 3.09. The number of rotatable bonds is 7. The highest BCUT2D eigenvalue weighted by Gasteiger charge is 2.28. The van der Waals surface area contributed by atoms with Gasteiger partial charge in [0.15, 0.2) is 0 Å². The van der Waals surface area contributed by atoms with E-state index in [1.54, 1.807) is 7.11 Å². The minimum Gasteiger partial charge on any atom is -0.380 e. The number of ether oxygens (including phenoxy) is 1. The second-order valence-corrected chi connectivity index (χ2v) is 7.78. The van der Waals surface area contributed by atoms with Crippen LogP contribution >= 0.6 is 11.6 Å². The van der Waals surface area contributed by atoms with Gasteiger partial charge in [-0.15, -0.1) is 0 Å². The van der Waals surface area contributed by atoms with Gasteiger partial charge in [-0.2, -0.15) is 0 Å². The topological polar surface area (TPSA) is 52.3 Å². The maximum atomic E-state index is 11.7. The van der Waals surface area contributed by atoms with Gasteiger partial charge in [-0.3, -0.25) is 5.14 Å². The number of hydrogen-bond donors (Lipinski definition) is 1. The lowest BCUT2D eigenvalue weighted by molar-refractivity contribution is 0.183. The van der Waals surface area contributed by atoms with Gasteiger partial charge in [0.25, 0.3) is 0 Å². The molecule has 1 aromatic carbocycles. The molecule has 0 aliphatic carbocycles. The molecule has 1 rings (SSSR count). The standard InChI is InChI=1S/C15H24ClNO2S/c1-5-11(9-15(2,3)20(17)18)14-7-6-13(16)8-12(14)10-19-4/h6-8,11H,5,9-10,17H2,1-4H3/t11-,20?/m0/s1. The van der Waals surface area contributed by atoms with Crippen molar-refractivity contribution in [2.75, 3.05) is 7.11 Å². The van der Waals surface area contributed by atoms with Gasteiger partial charge in [0.1, 0.15) is 0 Å². The summed E-state index contributed by atoms with van der Waals surface area (Å²) >= 11 is 6.06. The molecule has 2 N–H and O–H groups in total. The molecule has 0 radical (unpaired) electrons. The van der Waals surface area contributed by atoms with Crippen LogP contribution in [0.4, 0.5) is 0 Å². The fraction of sp³-hybridized carbons (Fsp3) is 0.600. The Bertz CT molecular complexity index is 477. The lowest BCUT2D eigenvalue weighted by Gasteiger charge is -2.28. The van der Waals surface area contributed by atoms with Gasteiger partial charge in [-0.05, 0) is 55.9 Å². The SMILES string of the molecule is CC[C@@H](CC(C)(C)S(N)=O)c1ccc(Cl)cc1COC. The van der Waals surface area contributed by atoms with Gasteiger partial charge < -0.3 is 4.74 Å². The first kappa shape index (κ1) is 17.6. The number of nitrogens with two attached hydrogens (primary N) is 1. The summed E-state index contributed by atoms with van der Waals surface area (Å²) in [5, 5.41) is 6.30. The van der Waals surface area contributed by atoms with Crippen molar-refractivity contribution in [2.45, 2.75) is 50.9 Å². The van der Waals surface area contributed by atoms with Gasteiger partial charge in [-0.25, -0.2) is 4.21 Å². The van der Waals surface area contributed by atoms with E-state index in [0.717, 1.165) is 18.4 Å². The summed E-state index contributed by atoms with van der Waals surface area (Å²) in [4.78, 5) is 0. The Labute approximate surface area is 129 Å². The molecule has 114 valence electrons. The number of halogens is 1. The molecule has 0 heterocycles. The molecule has 0 aromatic heterocycles. The van der Waals surface area contributed by atoms with Crippen molar-refractivity contribution in [3.05, 3.63) is 34.3 Å². The summed E-state index contributed by atoms with van der Waals surface area (Å²) in [5.74, 6) is 0.292. The van der Waals surface area contributed by atoms with Crippen molar-refractivity contribution in [1.29, 1.82) is 0 Å². The van der Waals surface area contributed by atoms with Crippen molar-refractivity contribution in [2.24, 2.45) is 5.14 Å². The molecule has 0 aliphatic rings. The maximum Gasteiger partial charge on any atom is 0.0945 e. The summed E-state index contributed by atoms with van der Waals surface area (Å²) in [5.41, 5.74) is 2.29.